The molecule has 2 saturated carbocycles. The van der Waals surface area contributed by atoms with Crippen LogP contribution in [-0.2, 0) is 9.53 Å². The summed E-state index contributed by atoms with van der Waals surface area (Å²) in [5, 5.41) is 4.32. The molecule has 1 saturated heterocycles. The van der Waals surface area contributed by atoms with Gasteiger partial charge in [-0.25, -0.2) is 4.98 Å². The monoisotopic (exact) mass is 363 g/mol. The molecule has 2 aliphatic carbocycles. The van der Waals surface area contributed by atoms with Crippen molar-refractivity contribution in [2.75, 3.05) is 24.6 Å². The first-order valence-electron chi connectivity index (χ1n) is 9.57. The molecule has 0 radical (unpaired) electrons. The number of thiazole rings is 1. The first-order chi connectivity index (χ1) is 12.0. The van der Waals surface area contributed by atoms with E-state index in [1.165, 1.54) is 17.7 Å². The Kier molecular flexibility index (Phi) is 4.75. The van der Waals surface area contributed by atoms with Gasteiger partial charge in [-0.05, 0) is 57.3 Å². The molecule has 1 aliphatic heterocycles. The summed E-state index contributed by atoms with van der Waals surface area (Å²) in [4.78, 5) is 20.2. The molecule has 0 spiro atoms. The van der Waals surface area contributed by atoms with Crippen LogP contribution in [-0.4, -0.2) is 42.7 Å². The minimum Gasteiger partial charge on any atom is -0.376 e. The number of carbonyl (C=O) groups excluding carboxylic acids is 1. The average molecular weight is 364 g/mol. The molecule has 1 aromatic rings. The third-order valence-corrected chi connectivity index (χ3v) is 7.17. The second-order valence-electron chi connectivity index (χ2n) is 8.16. The number of aryl methyl sites for hydroxylation is 2. The molecule has 1 aromatic heterocycles. The van der Waals surface area contributed by atoms with E-state index in [9.17, 15) is 4.79 Å². The zero-order valence-corrected chi connectivity index (χ0v) is 16.3. The SMILES string of the molecule is CC(=O)N[C@@H]1C[C@@H]2CN(c3nc(C)c(C)s3)C[C@@H]2C[C@H]1OCC1CC1. The normalized spacial score (nSPS) is 31.9. The van der Waals surface area contributed by atoms with Gasteiger partial charge in [0, 0.05) is 31.5 Å². The minimum atomic E-state index is 0.0597. The Hall–Kier alpha value is -1.14. The number of ether oxygens (including phenoxy) is 1. The number of nitrogens with zero attached hydrogens (tertiary/aromatic N) is 2. The highest BCUT2D eigenvalue weighted by molar-refractivity contribution is 7.15. The number of fused-ring (bicyclic) bond motifs is 1. The van der Waals surface area contributed by atoms with Crippen molar-refractivity contribution in [3.05, 3.63) is 10.6 Å². The third kappa shape index (κ3) is 3.85. The first kappa shape index (κ1) is 17.3. The summed E-state index contributed by atoms with van der Waals surface area (Å²) in [6, 6.07) is 0.164. The summed E-state index contributed by atoms with van der Waals surface area (Å²) < 4.78 is 6.25. The number of anilines is 1. The molecule has 2 heterocycles. The largest absolute Gasteiger partial charge is 0.376 e. The predicted molar refractivity (Wildman–Crippen MR) is 100 cm³/mol. The molecule has 5 nitrogen and oxygen atoms in total. The molecular formula is C19H29N3O2S. The van der Waals surface area contributed by atoms with E-state index in [2.05, 4.69) is 24.1 Å². The van der Waals surface area contributed by atoms with E-state index in [-0.39, 0.29) is 18.1 Å². The van der Waals surface area contributed by atoms with Gasteiger partial charge in [0.1, 0.15) is 0 Å². The topological polar surface area (TPSA) is 54.5 Å². The number of amides is 1. The smallest absolute Gasteiger partial charge is 0.217 e. The summed E-state index contributed by atoms with van der Waals surface area (Å²) >= 11 is 1.81. The Labute approximate surface area is 154 Å². The maximum atomic E-state index is 11.6. The van der Waals surface area contributed by atoms with Crippen molar-refractivity contribution in [3.8, 4) is 0 Å². The van der Waals surface area contributed by atoms with E-state index in [1.807, 2.05) is 0 Å². The maximum Gasteiger partial charge on any atom is 0.217 e. The van der Waals surface area contributed by atoms with Crippen LogP contribution in [0.1, 0.15) is 43.2 Å². The quantitative estimate of drug-likeness (QED) is 0.874. The fraction of sp³-hybridized carbons (Fsp3) is 0.789. The molecule has 6 heteroatoms. The molecule has 4 rings (SSSR count). The number of hydrogen-bond acceptors (Lipinski definition) is 5. The molecule has 25 heavy (non-hydrogen) atoms. The van der Waals surface area contributed by atoms with Crippen molar-refractivity contribution < 1.29 is 9.53 Å². The zero-order chi connectivity index (χ0) is 17.6. The summed E-state index contributed by atoms with van der Waals surface area (Å²) in [5.74, 6) is 2.10. The van der Waals surface area contributed by atoms with Crippen LogP contribution in [0.5, 0.6) is 0 Å². The summed E-state index contributed by atoms with van der Waals surface area (Å²) in [5.41, 5.74) is 1.15. The van der Waals surface area contributed by atoms with Crippen molar-refractivity contribution in [1.29, 1.82) is 0 Å². The van der Waals surface area contributed by atoms with Crippen molar-refractivity contribution in [2.24, 2.45) is 17.8 Å². The van der Waals surface area contributed by atoms with Crippen LogP contribution in [0.4, 0.5) is 5.13 Å². The number of aromatic nitrogens is 1. The summed E-state index contributed by atoms with van der Waals surface area (Å²) in [6.45, 7) is 8.86. The minimum absolute atomic E-state index is 0.0597. The molecule has 0 unspecified atom stereocenters. The van der Waals surface area contributed by atoms with Crippen LogP contribution < -0.4 is 10.2 Å². The van der Waals surface area contributed by atoms with Gasteiger partial charge in [-0.2, -0.15) is 0 Å². The maximum absolute atomic E-state index is 11.6. The molecule has 3 aliphatic rings. The Balaban J connectivity index is 1.43. The van der Waals surface area contributed by atoms with E-state index in [4.69, 9.17) is 9.72 Å². The predicted octanol–water partition coefficient (Wildman–Crippen LogP) is 2.91. The standard InChI is InChI=1S/C19H29N3O2S/c1-11-12(2)25-19(20-11)22-8-15-6-17(21-13(3)23)18(7-16(15)9-22)24-10-14-4-5-14/h14-18H,4-10H2,1-3H3,(H,21,23)/t15-,16+,17-,18-/m1/s1. The van der Waals surface area contributed by atoms with Crippen LogP contribution in [0, 0.1) is 31.6 Å². The van der Waals surface area contributed by atoms with Crippen LogP contribution >= 0.6 is 11.3 Å². The zero-order valence-electron chi connectivity index (χ0n) is 15.5. The summed E-state index contributed by atoms with van der Waals surface area (Å²) in [6.07, 6.45) is 4.87. The Morgan fingerprint density at radius 1 is 1.28 bits per heavy atom. The lowest BCUT2D eigenvalue weighted by Gasteiger charge is -2.38. The van der Waals surface area contributed by atoms with Gasteiger partial charge in [0.05, 0.1) is 17.8 Å². The molecule has 0 bridgehead atoms. The van der Waals surface area contributed by atoms with Gasteiger partial charge in [-0.15, -0.1) is 11.3 Å². The van der Waals surface area contributed by atoms with Crippen molar-refractivity contribution in [2.45, 2.75) is 58.6 Å². The van der Waals surface area contributed by atoms with Crippen LogP contribution in [0.25, 0.3) is 0 Å². The highest BCUT2D eigenvalue weighted by atomic mass is 32.1. The molecule has 1 N–H and O–H groups in total. The van der Waals surface area contributed by atoms with E-state index < -0.39 is 0 Å². The lowest BCUT2D eigenvalue weighted by Crippen LogP contribution is -2.50. The molecule has 1 amide bonds. The second-order valence-corrected chi connectivity index (χ2v) is 9.34. The van der Waals surface area contributed by atoms with E-state index >= 15 is 0 Å². The highest BCUT2D eigenvalue weighted by Crippen LogP contribution is 2.41. The van der Waals surface area contributed by atoms with Gasteiger partial charge in [-0.3, -0.25) is 4.79 Å². The molecule has 4 atom stereocenters. The van der Waals surface area contributed by atoms with E-state index in [1.54, 1.807) is 18.3 Å². The third-order valence-electron chi connectivity index (χ3n) is 6.04. The fourth-order valence-corrected chi connectivity index (χ4v) is 5.23. The number of nitrogens with one attached hydrogen (secondary N) is 1. The molecule has 138 valence electrons. The van der Waals surface area contributed by atoms with Gasteiger partial charge in [0.25, 0.3) is 0 Å². The average Bonchev–Trinajstić information content (AvgIpc) is 3.20. The Morgan fingerprint density at radius 3 is 2.60 bits per heavy atom. The van der Waals surface area contributed by atoms with Crippen LogP contribution in [0.15, 0.2) is 0 Å². The highest BCUT2D eigenvalue weighted by Gasteiger charge is 2.44. The van der Waals surface area contributed by atoms with Crippen molar-refractivity contribution in [3.63, 3.8) is 0 Å². The van der Waals surface area contributed by atoms with Crippen LogP contribution in [0.2, 0.25) is 0 Å². The number of hydrogen-bond donors (Lipinski definition) is 1. The first-order valence-corrected chi connectivity index (χ1v) is 10.4. The lowest BCUT2D eigenvalue weighted by atomic mass is 9.77. The van der Waals surface area contributed by atoms with E-state index in [0.717, 1.165) is 49.3 Å². The number of carbonyl (C=O) groups is 1. The Bertz CT molecular complexity index is 623. The van der Waals surface area contributed by atoms with E-state index in [0.29, 0.717) is 11.8 Å². The van der Waals surface area contributed by atoms with Crippen molar-refractivity contribution in [1.82, 2.24) is 10.3 Å². The molecule has 0 aromatic carbocycles. The van der Waals surface area contributed by atoms with Gasteiger partial charge in [-0.1, -0.05) is 0 Å². The summed E-state index contributed by atoms with van der Waals surface area (Å²) in [7, 11) is 0. The number of rotatable bonds is 5. The second kappa shape index (κ2) is 6.88. The molecule has 3 fully saturated rings. The fourth-order valence-electron chi connectivity index (χ4n) is 4.30. The van der Waals surface area contributed by atoms with Gasteiger partial charge >= 0.3 is 0 Å². The van der Waals surface area contributed by atoms with Crippen LogP contribution in [0.3, 0.4) is 0 Å². The lowest BCUT2D eigenvalue weighted by molar-refractivity contribution is -0.122. The van der Waals surface area contributed by atoms with Gasteiger partial charge in [0.2, 0.25) is 5.91 Å². The van der Waals surface area contributed by atoms with Gasteiger partial charge in [0.15, 0.2) is 5.13 Å². The Morgan fingerprint density at radius 2 is 2.00 bits per heavy atom. The van der Waals surface area contributed by atoms with Gasteiger partial charge < -0.3 is 15.0 Å². The molecular weight excluding hydrogens is 334 g/mol. The van der Waals surface area contributed by atoms with Crippen molar-refractivity contribution >= 4 is 22.4 Å².